The number of aromatic amines is 3. The molecule has 0 spiro atoms. The number of likely N-dealkylation sites (tertiary alicyclic amines) is 3. The number of nitrogens with zero attached hydrogens (tertiary/aromatic N) is 6. The van der Waals surface area contributed by atoms with E-state index in [4.69, 9.17) is 14.2 Å². The molecule has 0 saturated carbocycles. The second kappa shape index (κ2) is 37.0. The summed E-state index contributed by atoms with van der Waals surface area (Å²) in [5.41, 5.74) is 7.92. The minimum Gasteiger partial charge on any atom is -0.492 e. The van der Waals surface area contributed by atoms with Gasteiger partial charge < -0.3 is 29.2 Å². The van der Waals surface area contributed by atoms with Crippen molar-refractivity contribution >= 4 is 32.7 Å². The zero-order valence-corrected chi connectivity index (χ0v) is 63.6. The number of rotatable bonds is 29. The molecule has 15 rings (SSSR count). The van der Waals surface area contributed by atoms with Crippen molar-refractivity contribution in [1.82, 2.24) is 44.4 Å². The Balaban J connectivity index is 0.000000154. The van der Waals surface area contributed by atoms with Gasteiger partial charge in [0.1, 0.15) is 78.1 Å². The summed E-state index contributed by atoms with van der Waals surface area (Å²) in [5, 5.41) is 3.12. The van der Waals surface area contributed by atoms with Gasteiger partial charge in [0.2, 0.25) is 0 Å². The number of nitrogens with one attached hydrogen (secondary N) is 3. The summed E-state index contributed by atoms with van der Waals surface area (Å²) in [6, 6.07) is 28.6. The van der Waals surface area contributed by atoms with E-state index in [9.17, 15) is 26.3 Å². The van der Waals surface area contributed by atoms with Crippen molar-refractivity contribution < 1.29 is 66.9 Å². The first-order valence-corrected chi connectivity index (χ1v) is 39.3. The van der Waals surface area contributed by atoms with E-state index in [1.165, 1.54) is 36.4 Å². The third-order valence-corrected chi connectivity index (χ3v) is 23.7. The first-order valence-electron chi connectivity index (χ1n) is 39.3. The van der Waals surface area contributed by atoms with Gasteiger partial charge >= 0.3 is 0 Å². The van der Waals surface area contributed by atoms with Gasteiger partial charge in [0.05, 0.1) is 51.5 Å². The van der Waals surface area contributed by atoms with Crippen LogP contribution in [-0.4, -0.2) is 200 Å². The maximum Gasteiger partial charge on any atom is 0.135 e. The van der Waals surface area contributed by atoms with Gasteiger partial charge in [0.15, 0.2) is 0 Å². The first-order chi connectivity index (χ1) is 53.2. The Bertz CT molecular complexity index is 4290. The molecule has 9 heterocycles. The summed E-state index contributed by atoms with van der Waals surface area (Å²) in [5.74, 6) is -4.00. The molecule has 9 aromatic rings. The van der Waals surface area contributed by atoms with Gasteiger partial charge in [0, 0.05) is 217 Å². The largest absolute Gasteiger partial charge is 0.492 e. The fourth-order valence-corrected chi connectivity index (χ4v) is 17.3. The molecule has 602 valence electrons. The van der Waals surface area contributed by atoms with Crippen molar-refractivity contribution in [2.45, 2.75) is 130 Å². The smallest absolute Gasteiger partial charge is 0.135 e. The van der Waals surface area contributed by atoms with Crippen LogP contribution in [0.1, 0.15) is 137 Å². The quantitative estimate of drug-likeness (QED) is 0.0396. The van der Waals surface area contributed by atoms with E-state index in [1.54, 1.807) is 6.92 Å². The van der Waals surface area contributed by atoms with Crippen LogP contribution in [0.15, 0.2) is 109 Å². The minimum absolute atomic E-state index is 0. The Morgan fingerprint density at radius 3 is 0.919 bits per heavy atom. The highest BCUT2D eigenvalue weighted by atomic mass is 19.2. The van der Waals surface area contributed by atoms with Crippen LogP contribution in [0.4, 0.5) is 52.7 Å². The van der Waals surface area contributed by atoms with Crippen LogP contribution in [0.3, 0.4) is 0 Å². The summed E-state index contributed by atoms with van der Waals surface area (Å²) in [6.07, 6.45) is 2.60. The lowest BCUT2D eigenvalue weighted by Gasteiger charge is -2.42. The number of para-hydroxylation sites is 3. The van der Waals surface area contributed by atoms with E-state index >= 15 is 26.3 Å². The molecule has 3 fully saturated rings. The van der Waals surface area contributed by atoms with Gasteiger partial charge in [-0.15, -0.1) is 0 Å². The van der Waals surface area contributed by atoms with Gasteiger partial charge in [-0.3, -0.25) is 51.4 Å². The number of alkyl halides is 6. The predicted octanol–water partition coefficient (Wildman–Crippen LogP) is 18.6. The maximum absolute atomic E-state index is 15.7. The van der Waals surface area contributed by atoms with Gasteiger partial charge in [-0.1, -0.05) is 82.8 Å². The van der Waals surface area contributed by atoms with Crippen molar-refractivity contribution in [2.24, 2.45) is 29.6 Å². The zero-order valence-electron chi connectivity index (χ0n) is 63.6. The number of H-pyrrole nitrogens is 3. The Kier molecular flexibility index (Phi) is 27.6. The molecule has 9 atom stereocenters. The molecule has 0 amide bonds. The van der Waals surface area contributed by atoms with Crippen LogP contribution in [0.25, 0.3) is 32.7 Å². The van der Waals surface area contributed by atoms with Crippen LogP contribution < -0.4 is 14.2 Å². The molecule has 111 heavy (non-hydrogen) atoms. The summed E-state index contributed by atoms with van der Waals surface area (Å²) in [6.45, 7) is 17.3. The highest BCUT2D eigenvalue weighted by molar-refractivity contribution is 5.87. The number of hydrogen-bond donors (Lipinski definition) is 3. The monoisotopic (exact) mass is 1550 g/mol. The number of fused-ring (bicyclic) bond motifs is 9. The lowest BCUT2D eigenvalue weighted by atomic mass is 9.87. The van der Waals surface area contributed by atoms with E-state index < -0.39 is 72.5 Å². The number of hydrogen-bond acceptors (Lipinski definition) is 9. The Labute approximate surface area is 644 Å². The third-order valence-electron chi connectivity index (χ3n) is 23.7. The van der Waals surface area contributed by atoms with Gasteiger partial charge in [-0.25, -0.2) is 30.7 Å². The Morgan fingerprint density at radius 2 is 0.667 bits per heavy atom. The van der Waals surface area contributed by atoms with E-state index in [2.05, 4.69) is 24.8 Å². The molecular formula is C87H107F12N9O3. The minimum atomic E-state index is -1.10. The number of halogens is 12. The van der Waals surface area contributed by atoms with Crippen molar-refractivity contribution in [2.75, 3.05) is 132 Å². The second-order valence-corrected chi connectivity index (χ2v) is 31.3. The summed E-state index contributed by atoms with van der Waals surface area (Å²) in [4.78, 5) is 22.4. The number of benzene rings is 6. The molecule has 0 radical (unpaired) electrons. The number of ether oxygens (including phenoxy) is 3. The maximum atomic E-state index is 15.7. The van der Waals surface area contributed by atoms with Crippen LogP contribution in [0.2, 0.25) is 0 Å². The molecule has 6 aliphatic rings. The first kappa shape index (κ1) is 82.7. The topological polar surface area (TPSA) is 94.5 Å². The van der Waals surface area contributed by atoms with E-state index in [0.29, 0.717) is 116 Å². The molecule has 6 aromatic carbocycles. The van der Waals surface area contributed by atoms with Crippen molar-refractivity contribution in [1.29, 1.82) is 0 Å². The summed E-state index contributed by atoms with van der Waals surface area (Å²) < 4.78 is 191. The molecule has 0 unspecified atom stereocenters. The van der Waals surface area contributed by atoms with Crippen LogP contribution in [0.5, 0.6) is 17.2 Å². The van der Waals surface area contributed by atoms with Crippen LogP contribution >= 0.6 is 0 Å². The average molecular weight is 1550 g/mol. The average Bonchev–Trinajstić information content (AvgIpc) is 1.64. The molecule has 3 saturated heterocycles. The van der Waals surface area contributed by atoms with Gasteiger partial charge in [-0.2, -0.15) is 0 Å². The van der Waals surface area contributed by atoms with Crippen LogP contribution in [-0.2, 0) is 19.3 Å². The van der Waals surface area contributed by atoms with Crippen molar-refractivity contribution in [3.05, 3.63) is 195 Å². The molecule has 3 N–H and O–H groups in total. The molecule has 12 nitrogen and oxygen atoms in total. The van der Waals surface area contributed by atoms with Crippen molar-refractivity contribution in [3.8, 4) is 17.2 Å². The Morgan fingerprint density at radius 1 is 0.396 bits per heavy atom. The lowest BCUT2D eigenvalue weighted by molar-refractivity contribution is 0.0667. The molecular weight excluding hydrogens is 1450 g/mol. The summed E-state index contributed by atoms with van der Waals surface area (Å²) >= 11 is 0. The van der Waals surface area contributed by atoms with E-state index in [1.807, 2.05) is 127 Å². The fraction of sp³-hybridized carbons (Fsp3) is 0.517. The molecule has 24 heteroatoms. The third kappa shape index (κ3) is 18.0. The zero-order chi connectivity index (χ0) is 77.6. The second-order valence-electron chi connectivity index (χ2n) is 31.3. The highest BCUT2D eigenvalue weighted by Gasteiger charge is 2.44. The van der Waals surface area contributed by atoms with Gasteiger partial charge in [0.25, 0.3) is 0 Å². The van der Waals surface area contributed by atoms with Crippen LogP contribution in [0, 0.1) is 64.5 Å². The summed E-state index contributed by atoms with van der Waals surface area (Å²) in [7, 11) is 0. The fourth-order valence-electron chi connectivity index (χ4n) is 17.3. The Hall–Kier alpha value is -7.74. The normalized spacial score (nSPS) is 21.6. The predicted molar refractivity (Wildman–Crippen MR) is 415 cm³/mol. The molecule has 3 aromatic heterocycles. The highest BCUT2D eigenvalue weighted by Crippen LogP contribution is 2.48. The number of aromatic nitrogens is 3. The molecule has 0 bridgehead atoms. The molecule has 0 aliphatic carbocycles. The lowest BCUT2D eigenvalue weighted by Crippen LogP contribution is -2.49. The van der Waals surface area contributed by atoms with Crippen molar-refractivity contribution in [3.63, 3.8) is 0 Å². The standard InChI is InChI=1S/2C29H35F4N3O.C28H33F4N3O.CH4/c2*1-3-19(13-30)17-36-18(2)10-23-22-6-4-5-7-26(22)34-28(23)29(36)27-24(32)11-21(12-25(27)33)37-9-8-35-15-20(14-31)16-35;1-3-19(30)16-35-17(2)10-22-21-6-4-5-7-25(21)33-27(22)28(35)26-23(31)11-20(12-24(26)32)36-9-8-34-14-18(13-29)15-34;/h2*4-7,11-12,18-20,29,34H,3,8-10,13-17H2,1-2H3;4-7,11-12,17-19,28,33H,3,8-10,13-16H2,1-2H3;1H4/t18-,19+,29-;18-,19-,29-;17-,19+,28-;/m111./s1. The van der Waals surface area contributed by atoms with Gasteiger partial charge in [-0.05, 0) is 106 Å². The van der Waals surface area contributed by atoms with E-state index in [-0.39, 0.29) is 135 Å². The van der Waals surface area contributed by atoms with E-state index in [0.717, 1.165) is 60.8 Å². The SMILES string of the molecule is C.CC[C@@H](CF)CN1[C@H](c2c(F)cc(OCCN3CC(CF)C3)cc2F)c2[nH]c3ccccc3c2C[C@H]1C.CC[C@H](CF)CN1[C@H](c2c(F)cc(OCCN3CC(CF)C3)cc2F)c2[nH]c3ccccc3c2C[C@H]1C.CC[C@H](F)CN1[C@H](c2c(F)cc(OCCN3CC(CF)C3)cc2F)c2[nH]c3ccccc3c2C[C@H]1C. The molecule has 6 aliphatic heterocycles.